The van der Waals surface area contributed by atoms with Crippen molar-refractivity contribution in [3.8, 4) is 0 Å². The van der Waals surface area contributed by atoms with Crippen LogP contribution in [0.25, 0.3) is 0 Å². The SMILES string of the molecule is C[C@H]1CCN(C(=O)OC(C)(C)C)[C@@H]1/C=C/COS(C)(=O)=O. The van der Waals surface area contributed by atoms with Crippen molar-refractivity contribution in [2.75, 3.05) is 19.4 Å². The van der Waals surface area contributed by atoms with Crippen molar-refractivity contribution < 1.29 is 22.1 Å². The van der Waals surface area contributed by atoms with E-state index in [1.807, 2.05) is 26.8 Å². The van der Waals surface area contributed by atoms with E-state index in [2.05, 4.69) is 11.1 Å². The van der Waals surface area contributed by atoms with E-state index in [0.29, 0.717) is 12.5 Å². The predicted octanol–water partition coefficient (Wildman–Crippen LogP) is 2.16. The lowest BCUT2D eigenvalue weighted by molar-refractivity contribution is 0.0244. The summed E-state index contributed by atoms with van der Waals surface area (Å²) in [7, 11) is -3.44. The third-order valence-electron chi connectivity index (χ3n) is 3.11. The summed E-state index contributed by atoms with van der Waals surface area (Å²) >= 11 is 0. The zero-order chi connectivity index (χ0) is 16.3. The minimum absolute atomic E-state index is 0.0236. The molecule has 1 amide bonds. The molecule has 0 bridgehead atoms. The second-order valence-electron chi connectivity index (χ2n) is 6.35. The number of nitrogens with zero attached hydrogens (tertiary/aromatic N) is 1. The fourth-order valence-corrected chi connectivity index (χ4v) is 2.48. The number of hydrogen-bond donors (Lipinski definition) is 0. The number of rotatable bonds is 4. The molecule has 0 radical (unpaired) electrons. The van der Waals surface area contributed by atoms with Gasteiger partial charge in [0.2, 0.25) is 0 Å². The predicted molar refractivity (Wildman–Crippen MR) is 80.4 cm³/mol. The summed E-state index contributed by atoms with van der Waals surface area (Å²) in [5.74, 6) is 0.298. The smallest absolute Gasteiger partial charge is 0.410 e. The summed E-state index contributed by atoms with van der Waals surface area (Å²) in [6.45, 7) is 8.15. The first-order chi connectivity index (χ1) is 9.49. The molecule has 0 aromatic heterocycles. The molecule has 21 heavy (non-hydrogen) atoms. The molecule has 0 aromatic carbocycles. The Hall–Kier alpha value is -1.08. The molecule has 0 spiro atoms. The van der Waals surface area contributed by atoms with Crippen molar-refractivity contribution in [1.82, 2.24) is 4.90 Å². The van der Waals surface area contributed by atoms with Gasteiger partial charge in [-0.2, -0.15) is 8.42 Å². The van der Waals surface area contributed by atoms with Crippen molar-refractivity contribution in [1.29, 1.82) is 0 Å². The molecule has 0 aliphatic carbocycles. The summed E-state index contributed by atoms with van der Waals surface area (Å²) in [4.78, 5) is 13.8. The zero-order valence-corrected chi connectivity index (χ0v) is 14.1. The van der Waals surface area contributed by atoms with E-state index in [9.17, 15) is 13.2 Å². The summed E-state index contributed by atoms with van der Waals surface area (Å²) < 4.78 is 31.8. The molecule has 1 saturated heterocycles. The zero-order valence-electron chi connectivity index (χ0n) is 13.3. The number of amides is 1. The molecule has 0 unspecified atom stereocenters. The first kappa shape index (κ1) is 18.0. The van der Waals surface area contributed by atoms with Gasteiger partial charge in [-0.05, 0) is 33.1 Å². The van der Waals surface area contributed by atoms with Crippen molar-refractivity contribution in [2.45, 2.75) is 45.8 Å². The highest BCUT2D eigenvalue weighted by molar-refractivity contribution is 7.85. The van der Waals surface area contributed by atoms with E-state index in [0.717, 1.165) is 12.7 Å². The summed E-state index contributed by atoms with van der Waals surface area (Å²) in [5.41, 5.74) is -0.531. The van der Waals surface area contributed by atoms with Crippen LogP contribution in [0.4, 0.5) is 4.79 Å². The van der Waals surface area contributed by atoms with Crippen LogP contribution in [0.3, 0.4) is 0 Å². The van der Waals surface area contributed by atoms with Crippen LogP contribution in [-0.4, -0.2) is 50.5 Å². The molecule has 1 fully saturated rings. The van der Waals surface area contributed by atoms with E-state index >= 15 is 0 Å². The van der Waals surface area contributed by atoms with Gasteiger partial charge in [-0.15, -0.1) is 0 Å². The van der Waals surface area contributed by atoms with Gasteiger partial charge >= 0.3 is 6.09 Å². The van der Waals surface area contributed by atoms with E-state index in [-0.39, 0.29) is 18.7 Å². The third-order valence-corrected chi connectivity index (χ3v) is 3.67. The Morgan fingerprint density at radius 2 is 2.00 bits per heavy atom. The number of carbonyl (C=O) groups excluding carboxylic acids is 1. The van der Waals surface area contributed by atoms with Gasteiger partial charge < -0.3 is 9.64 Å². The Bertz CT molecular complexity index is 492. The largest absolute Gasteiger partial charge is 0.444 e. The maximum absolute atomic E-state index is 12.2. The summed E-state index contributed by atoms with van der Waals surface area (Å²) in [6.07, 6.45) is 5.00. The van der Waals surface area contributed by atoms with Crippen LogP contribution in [-0.2, 0) is 19.0 Å². The Labute approximate surface area is 127 Å². The molecule has 0 saturated carbocycles. The lowest BCUT2D eigenvalue weighted by atomic mass is 10.0. The van der Waals surface area contributed by atoms with Gasteiger partial charge in [0.05, 0.1) is 18.9 Å². The van der Waals surface area contributed by atoms with E-state index in [1.54, 1.807) is 11.0 Å². The molecule has 0 aromatic rings. The summed E-state index contributed by atoms with van der Waals surface area (Å²) in [6, 6.07) is -0.0944. The standard InChI is InChI=1S/C14H25NO5S/c1-11-8-9-15(13(16)20-14(2,3)4)12(11)7-6-10-19-21(5,17)18/h6-7,11-12H,8-10H2,1-5H3/b7-6+/t11-,12+/m0/s1. The van der Waals surface area contributed by atoms with Crippen LogP contribution in [0.2, 0.25) is 0 Å². The maximum Gasteiger partial charge on any atom is 0.410 e. The van der Waals surface area contributed by atoms with Gasteiger partial charge in [0, 0.05) is 6.54 Å². The minimum atomic E-state index is -3.44. The van der Waals surface area contributed by atoms with Crippen LogP contribution in [0.5, 0.6) is 0 Å². The molecule has 122 valence electrons. The van der Waals surface area contributed by atoms with Crippen LogP contribution in [0.1, 0.15) is 34.1 Å². The van der Waals surface area contributed by atoms with Crippen molar-refractivity contribution in [3.05, 3.63) is 12.2 Å². The average molecular weight is 319 g/mol. The van der Waals surface area contributed by atoms with Gasteiger partial charge in [0.1, 0.15) is 5.60 Å². The quantitative estimate of drug-likeness (QED) is 0.586. The molecule has 6 nitrogen and oxygen atoms in total. The third kappa shape index (κ3) is 6.48. The molecular formula is C14H25NO5S. The monoisotopic (exact) mass is 319 g/mol. The van der Waals surface area contributed by atoms with Crippen molar-refractivity contribution >= 4 is 16.2 Å². The molecule has 1 aliphatic heterocycles. The fourth-order valence-electron chi connectivity index (χ4n) is 2.15. The second kappa shape index (κ2) is 6.79. The number of likely N-dealkylation sites (tertiary alicyclic amines) is 1. The topological polar surface area (TPSA) is 72.9 Å². The number of hydrogen-bond acceptors (Lipinski definition) is 5. The van der Waals surface area contributed by atoms with Gasteiger partial charge in [-0.3, -0.25) is 4.18 Å². The number of carbonyl (C=O) groups is 1. The highest BCUT2D eigenvalue weighted by Crippen LogP contribution is 2.26. The molecule has 0 N–H and O–H groups in total. The molecule has 1 rings (SSSR count). The lowest BCUT2D eigenvalue weighted by Crippen LogP contribution is -2.40. The van der Waals surface area contributed by atoms with Crippen LogP contribution >= 0.6 is 0 Å². The Balaban J connectivity index is 2.65. The highest BCUT2D eigenvalue weighted by Gasteiger charge is 2.35. The molecule has 1 heterocycles. The van der Waals surface area contributed by atoms with E-state index in [4.69, 9.17) is 4.74 Å². The lowest BCUT2D eigenvalue weighted by Gasteiger charge is -2.28. The van der Waals surface area contributed by atoms with Gasteiger partial charge in [0.15, 0.2) is 0 Å². The van der Waals surface area contributed by atoms with E-state index < -0.39 is 15.7 Å². The summed E-state index contributed by atoms with van der Waals surface area (Å²) in [5, 5.41) is 0. The Morgan fingerprint density at radius 3 is 2.52 bits per heavy atom. The molecular weight excluding hydrogens is 294 g/mol. The Kier molecular flexibility index (Phi) is 5.81. The van der Waals surface area contributed by atoms with E-state index in [1.165, 1.54) is 0 Å². The molecule has 7 heteroatoms. The normalized spacial score (nSPS) is 23.8. The van der Waals surface area contributed by atoms with Crippen molar-refractivity contribution in [2.24, 2.45) is 5.92 Å². The van der Waals surface area contributed by atoms with Crippen molar-refractivity contribution in [3.63, 3.8) is 0 Å². The second-order valence-corrected chi connectivity index (χ2v) is 7.99. The van der Waals surface area contributed by atoms with Gasteiger partial charge in [-0.1, -0.05) is 19.1 Å². The van der Waals surface area contributed by atoms with Crippen LogP contribution in [0.15, 0.2) is 12.2 Å². The fraction of sp³-hybridized carbons (Fsp3) is 0.786. The Morgan fingerprint density at radius 1 is 1.38 bits per heavy atom. The minimum Gasteiger partial charge on any atom is -0.444 e. The first-order valence-electron chi connectivity index (χ1n) is 7.00. The van der Waals surface area contributed by atoms with Crippen LogP contribution < -0.4 is 0 Å². The molecule has 2 atom stereocenters. The van der Waals surface area contributed by atoms with Gasteiger partial charge in [0.25, 0.3) is 10.1 Å². The first-order valence-corrected chi connectivity index (χ1v) is 8.82. The number of ether oxygens (including phenoxy) is 1. The molecule has 1 aliphatic rings. The average Bonchev–Trinajstić information content (AvgIpc) is 2.63. The highest BCUT2D eigenvalue weighted by atomic mass is 32.2. The van der Waals surface area contributed by atoms with Gasteiger partial charge in [-0.25, -0.2) is 4.79 Å². The van der Waals surface area contributed by atoms with Crippen LogP contribution in [0, 0.1) is 5.92 Å². The maximum atomic E-state index is 12.2.